The molecule has 8 nitrogen and oxygen atoms in total. The molecule has 34 heavy (non-hydrogen) atoms. The smallest absolute Gasteiger partial charge is 0.410 e. The van der Waals surface area contributed by atoms with Gasteiger partial charge in [-0.2, -0.15) is 0 Å². The highest BCUT2D eigenvalue weighted by atomic mass is 16.6. The summed E-state index contributed by atoms with van der Waals surface area (Å²) in [6.07, 6.45) is -0.625. The number of nitrogens with zero attached hydrogens (tertiary/aromatic N) is 3. The van der Waals surface area contributed by atoms with E-state index in [1.165, 1.54) is 0 Å². The number of likely N-dealkylation sites (tertiary alicyclic amines) is 1. The lowest BCUT2D eigenvalue weighted by atomic mass is 10.1. The van der Waals surface area contributed by atoms with E-state index in [0.29, 0.717) is 26.2 Å². The van der Waals surface area contributed by atoms with Crippen molar-refractivity contribution in [2.45, 2.75) is 39.1 Å². The fourth-order valence-corrected chi connectivity index (χ4v) is 3.89. The largest absolute Gasteiger partial charge is 0.487 e. The monoisotopic (exact) mass is 467 g/mol. The van der Waals surface area contributed by atoms with Gasteiger partial charge >= 0.3 is 12.2 Å². The van der Waals surface area contributed by atoms with E-state index in [1.807, 2.05) is 75.4 Å². The van der Waals surface area contributed by atoms with E-state index in [-0.39, 0.29) is 24.9 Å². The second-order valence-corrected chi connectivity index (χ2v) is 9.64. The van der Waals surface area contributed by atoms with E-state index >= 15 is 0 Å². The van der Waals surface area contributed by atoms with Crippen LogP contribution in [0.15, 0.2) is 54.6 Å². The van der Waals surface area contributed by atoms with Crippen LogP contribution in [0.3, 0.4) is 0 Å². The molecular weight excluding hydrogens is 434 g/mol. The molecule has 0 N–H and O–H groups in total. The molecule has 0 unspecified atom stereocenters. The minimum Gasteiger partial charge on any atom is -0.487 e. The Morgan fingerprint density at radius 3 is 2.26 bits per heavy atom. The van der Waals surface area contributed by atoms with Crippen LogP contribution in [0.2, 0.25) is 0 Å². The van der Waals surface area contributed by atoms with Crippen molar-refractivity contribution in [1.29, 1.82) is 0 Å². The van der Waals surface area contributed by atoms with E-state index in [0.717, 1.165) is 30.1 Å². The van der Waals surface area contributed by atoms with E-state index < -0.39 is 5.60 Å². The quantitative estimate of drug-likeness (QED) is 0.658. The van der Waals surface area contributed by atoms with Gasteiger partial charge in [-0.3, -0.25) is 0 Å². The van der Waals surface area contributed by atoms with Crippen LogP contribution in [0.4, 0.5) is 15.3 Å². The van der Waals surface area contributed by atoms with Crippen LogP contribution in [-0.4, -0.2) is 73.0 Å². The molecule has 2 heterocycles. The standard InChI is InChI=1S/C26H33N3O5/c1-26(2,3)34-25(31)29-17-23(18-29)33-22-11-7-10-21(16-22)27-12-14-28(15-13-27)24(30)32-19-20-8-5-4-6-9-20/h4-11,16,23H,12-15,17-19H2,1-3H3. The average molecular weight is 468 g/mol. The van der Waals surface area contributed by atoms with E-state index in [2.05, 4.69) is 4.90 Å². The zero-order valence-electron chi connectivity index (χ0n) is 20.1. The van der Waals surface area contributed by atoms with Gasteiger partial charge in [-0.15, -0.1) is 0 Å². The van der Waals surface area contributed by atoms with Gasteiger partial charge in [-0.1, -0.05) is 36.4 Å². The molecule has 0 spiro atoms. The van der Waals surface area contributed by atoms with Crippen LogP contribution in [0.25, 0.3) is 0 Å². The molecular formula is C26H33N3O5. The third kappa shape index (κ3) is 6.34. The van der Waals surface area contributed by atoms with Crippen molar-refractivity contribution in [2.24, 2.45) is 0 Å². The van der Waals surface area contributed by atoms with Gasteiger partial charge in [0.2, 0.25) is 0 Å². The maximum Gasteiger partial charge on any atom is 0.410 e. The molecule has 0 atom stereocenters. The van der Waals surface area contributed by atoms with Crippen LogP contribution in [0.1, 0.15) is 26.3 Å². The number of carbonyl (C=O) groups is 2. The molecule has 0 aliphatic carbocycles. The molecule has 2 aromatic rings. The Bertz CT molecular complexity index is 977. The molecule has 4 rings (SSSR count). The number of anilines is 1. The zero-order valence-corrected chi connectivity index (χ0v) is 20.1. The zero-order chi connectivity index (χ0) is 24.1. The summed E-state index contributed by atoms with van der Waals surface area (Å²) in [5.74, 6) is 0.774. The number of rotatable bonds is 5. The Labute approximate surface area is 201 Å². The van der Waals surface area contributed by atoms with Gasteiger partial charge in [0.1, 0.15) is 24.1 Å². The Morgan fingerprint density at radius 2 is 1.59 bits per heavy atom. The second-order valence-electron chi connectivity index (χ2n) is 9.64. The number of hydrogen-bond acceptors (Lipinski definition) is 6. The molecule has 0 radical (unpaired) electrons. The fourth-order valence-electron chi connectivity index (χ4n) is 3.89. The predicted molar refractivity (Wildman–Crippen MR) is 129 cm³/mol. The normalized spacial score (nSPS) is 16.6. The van der Waals surface area contributed by atoms with Crippen molar-refractivity contribution < 1.29 is 23.8 Å². The minimum absolute atomic E-state index is 0.0426. The summed E-state index contributed by atoms with van der Waals surface area (Å²) in [5.41, 5.74) is 1.53. The maximum atomic E-state index is 12.4. The first-order chi connectivity index (χ1) is 16.3. The summed E-state index contributed by atoms with van der Waals surface area (Å²) in [6.45, 7) is 9.54. The van der Waals surface area contributed by atoms with E-state index in [4.69, 9.17) is 14.2 Å². The Kier molecular flexibility index (Phi) is 7.14. The predicted octanol–water partition coefficient (Wildman–Crippen LogP) is 4.14. The van der Waals surface area contributed by atoms with E-state index in [9.17, 15) is 9.59 Å². The summed E-state index contributed by atoms with van der Waals surface area (Å²) >= 11 is 0. The second kappa shape index (κ2) is 10.2. The van der Waals surface area contributed by atoms with Crippen molar-refractivity contribution in [1.82, 2.24) is 9.80 Å². The first-order valence-electron chi connectivity index (χ1n) is 11.7. The first kappa shape index (κ1) is 23.7. The number of piperazine rings is 1. The van der Waals surface area contributed by atoms with Crippen LogP contribution < -0.4 is 9.64 Å². The molecule has 2 fully saturated rings. The van der Waals surface area contributed by atoms with E-state index in [1.54, 1.807) is 9.80 Å². The number of amides is 2. The molecule has 182 valence electrons. The number of carbonyl (C=O) groups excluding carboxylic acids is 2. The van der Waals surface area contributed by atoms with Crippen molar-refractivity contribution >= 4 is 17.9 Å². The van der Waals surface area contributed by atoms with Gasteiger partial charge in [-0.25, -0.2) is 9.59 Å². The summed E-state index contributed by atoms with van der Waals surface area (Å²) in [6, 6.07) is 17.6. The SMILES string of the molecule is CC(C)(C)OC(=O)N1CC(Oc2cccc(N3CCN(C(=O)OCc4ccccc4)CC3)c2)C1. The highest BCUT2D eigenvalue weighted by Gasteiger charge is 2.35. The first-order valence-corrected chi connectivity index (χ1v) is 11.7. The minimum atomic E-state index is -0.500. The van der Waals surface area contributed by atoms with Crippen LogP contribution >= 0.6 is 0 Å². The number of ether oxygens (including phenoxy) is 3. The molecule has 2 amide bonds. The highest BCUT2D eigenvalue weighted by molar-refractivity contribution is 5.69. The van der Waals surface area contributed by atoms with Crippen LogP contribution in [0.5, 0.6) is 5.75 Å². The number of benzene rings is 2. The van der Waals surface area contributed by atoms with Gasteiger partial charge in [0.15, 0.2) is 0 Å². The van der Waals surface area contributed by atoms with Crippen LogP contribution in [0, 0.1) is 0 Å². The lowest BCUT2D eigenvalue weighted by Gasteiger charge is -2.39. The van der Waals surface area contributed by atoms with Crippen molar-refractivity contribution in [2.75, 3.05) is 44.2 Å². The molecule has 2 saturated heterocycles. The molecule has 0 aromatic heterocycles. The Balaban J connectivity index is 1.22. The molecule has 2 aromatic carbocycles. The summed E-state index contributed by atoms with van der Waals surface area (Å²) < 4.78 is 16.9. The summed E-state index contributed by atoms with van der Waals surface area (Å²) in [5, 5.41) is 0. The molecule has 0 bridgehead atoms. The van der Waals surface area contributed by atoms with Gasteiger partial charge in [0.05, 0.1) is 13.1 Å². The van der Waals surface area contributed by atoms with Crippen molar-refractivity contribution in [3.05, 3.63) is 60.2 Å². The van der Waals surface area contributed by atoms with Gasteiger partial charge in [0, 0.05) is 37.9 Å². The fraction of sp³-hybridized carbons (Fsp3) is 0.462. The maximum absolute atomic E-state index is 12.4. The van der Waals surface area contributed by atoms with Crippen LogP contribution in [-0.2, 0) is 16.1 Å². The lowest BCUT2D eigenvalue weighted by molar-refractivity contribution is -0.0221. The third-order valence-corrected chi connectivity index (χ3v) is 5.73. The van der Waals surface area contributed by atoms with Gasteiger partial charge in [0.25, 0.3) is 0 Å². The molecule has 2 aliphatic rings. The van der Waals surface area contributed by atoms with Gasteiger partial charge in [-0.05, 0) is 38.5 Å². The highest BCUT2D eigenvalue weighted by Crippen LogP contribution is 2.26. The summed E-state index contributed by atoms with van der Waals surface area (Å²) in [7, 11) is 0. The summed E-state index contributed by atoms with van der Waals surface area (Å²) in [4.78, 5) is 30.1. The van der Waals surface area contributed by atoms with Gasteiger partial charge < -0.3 is 28.9 Å². The third-order valence-electron chi connectivity index (χ3n) is 5.73. The number of hydrogen-bond donors (Lipinski definition) is 0. The topological polar surface area (TPSA) is 71.5 Å². The Morgan fingerprint density at radius 1 is 0.882 bits per heavy atom. The molecule has 2 aliphatic heterocycles. The molecule has 8 heteroatoms. The van der Waals surface area contributed by atoms with Crippen molar-refractivity contribution in [3.63, 3.8) is 0 Å². The average Bonchev–Trinajstić information content (AvgIpc) is 2.79. The van der Waals surface area contributed by atoms with Crippen molar-refractivity contribution in [3.8, 4) is 5.75 Å². The lowest BCUT2D eigenvalue weighted by Crippen LogP contribution is -2.57. The molecule has 0 saturated carbocycles. The Hall–Kier alpha value is -3.42.